The number of amides is 2. The van der Waals surface area contributed by atoms with E-state index in [9.17, 15) is 9.59 Å². The summed E-state index contributed by atoms with van der Waals surface area (Å²) in [5, 5.41) is 15.7. The van der Waals surface area contributed by atoms with Crippen molar-refractivity contribution in [3.05, 3.63) is 76.6 Å². The molecule has 0 saturated carbocycles. The number of hydrogen-bond acceptors (Lipinski definition) is 6. The van der Waals surface area contributed by atoms with Crippen molar-refractivity contribution in [1.82, 2.24) is 20.1 Å². The Balaban J connectivity index is 1.74. The van der Waals surface area contributed by atoms with Gasteiger partial charge in [0.2, 0.25) is 5.91 Å². The second kappa shape index (κ2) is 12.8. The zero-order chi connectivity index (χ0) is 26.2. The lowest BCUT2D eigenvalue weighted by atomic mass is 10.0. The SMILES string of the molecule is C=CCn1c(SCC(=O)Nc2ccc(OC)cc2)nnc1[C@H](NC(=O)c1ccc(Cl)cc1Cl)C(C)C. The highest BCUT2D eigenvalue weighted by atomic mass is 35.5. The van der Waals surface area contributed by atoms with Crippen LogP contribution < -0.4 is 15.4 Å². The molecule has 0 aliphatic rings. The van der Waals surface area contributed by atoms with E-state index < -0.39 is 6.04 Å². The van der Waals surface area contributed by atoms with Crippen molar-refractivity contribution in [2.45, 2.75) is 31.6 Å². The van der Waals surface area contributed by atoms with Crippen molar-refractivity contribution in [1.29, 1.82) is 0 Å². The van der Waals surface area contributed by atoms with Crippen LogP contribution in [-0.2, 0) is 11.3 Å². The van der Waals surface area contributed by atoms with Crippen LogP contribution in [0.1, 0.15) is 36.1 Å². The molecule has 190 valence electrons. The largest absolute Gasteiger partial charge is 0.497 e. The van der Waals surface area contributed by atoms with E-state index in [4.69, 9.17) is 27.9 Å². The number of carbonyl (C=O) groups is 2. The van der Waals surface area contributed by atoms with E-state index in [1.54, 1.807) is 49.6 Å². The number of hydrogen-bond donors (Lipinski definition) is 2. The van der Waals surface area contributed by atoms with Gasteiger partial charge in [-0.2, -0.15) is 0 Å². The van der Waals surface area contributed by atoms with Gasteiger partial charge >= 0.3 is 0 Å². The molecule has 0 aliphatic heterocycles. The molecule has 0 saturated heterocycles. The number of halogens is 2. The summed E-state index contributed by atoms with van der Waals surface area (Å²) in [6, 6.07) is 11.3. The predicted molar refractivity (Wildman–Crippen MR) is 144 cm³/mol. The average molecular weight is 548 g/mol. The molecule has 1 aromatic heterocycles. The summed E-state index contributed by atoms with van der Waals surface area (Å²) in [7, 11) is 1.58. The topological polar surface area (TPSA) is 98.1 Å². The number of rotatable bonds is 11. The molecule has 11 heteroatoms. The Labute approximate surface area is 224 Å². The summed E-state index contributed by atoms with van der Waals surface area (Å²) in [5.74, 6) is 0.839. The Morgan fingerprint density at radius 2 is 1.89 bits per heavy atom. The van der Waals surface area contributed by atoms with Crippen molar-refractivity contribution in [2.75, 3.05) is 18.2 Å². The van der Waals surface area contributed by atoms with Crippen LogP contribution in [-0.4, -0.2) is 39.4 Å². The molecular formula is C25H27Cl2N5O3S. The number of nitrogens with one attached hydrogen (secondary N) is 2. The quantitative estimate of drug-likeness (QED) is 0.238. The van der Waals surface area contributed by atoms with Crippen molar-refractivity contribution < 1.29 is 14.3 Å². The lowest BCUT2D eigenvalue weighted by molar-refractivity contribution is -0.113. The number of carbonyl (C=O) groups excluding carboxylic acids is 2. The second-order valence-corrected chi connectivity index (χ2v) is 9.91. The van der Waals surface area contributed by atoms with Crippen LogP contribution in [0.4, 0.5) is 5.69 Å². The van der Waals surface area contributed by atoms with Crippen LogP contribution in [0.2, 0.25) is 10.0 Å². The fourth-order valence-electron chi connectivity index (χ4n) is 3.36. The van der Waals surface area contributed by atoms with E-state index in [0.29, 0.717) is 39.5 Å². The molecule has 8 nitrogen and oxygen atoms in total. The van der Waals surface area contributed by atoms with E-state index in [1.165, 1.54) is 17.8 Å². The Morgan fingerprint density at radius 1 is 1.17 bits per heavy atom. The van der Waals surface area contributed by atoms with Gasteiger partial charge in [0, 0.05) is 17.3 Å². The Bertz CT molecular complexity index is 1230. The van der Waals surface area contributed by atoms with Gasteiger partial charge < -0.3 is 19.9 Å². The number of benzene rings is 2. The highest BCUT2D eigenvalue weighted by Crippen LogP contribution is 2.27. The first-order valence-electron chi connectivity index (χ1n) is 11.1. The van der Waals surface area contributed by atoms with Crippen LogP contribution in [0.15, 0.2) is 60.3 Å². The number of nitrogens with zero attached hydrogens (tertiary/aromatic N) is 3. The van der Waals surface area contributed by atoms with Gasteiger partial charge in [0.25, 0.3) is 5.91 Å². The molecular weight excluding hydrogens is 521 g/mol. The van der Waals surface area contributed by atoms with E-state index in [0.717, 1.165) is 0 Å². The van der Waals surface area contributed by atoms with E-state index in [1.807, 2.05) is 18.4 Å². The molecule has 2 N–H and O–H groups in total. The fraction of sp³-hybridized carbons (Fsp3) is 0.280. The van der Waals surface area contributed by atoms with Crippen LogP contribution >= 0.6 is 35.0 Å². The molecule has 0 spiro atoms. The second-order valence-electron chi connectivity index (χ2n) is 8.12. The lowest BCUT2D eigenvalue weighted by Gasteiger charge is -2.23. The van der Waals surface area contributed by atoms with Crippen molar-refractivity contribution in [3.63, 3.8) is 0 Å². The summed E-state index contributed by atoms with van der Waals surface area (Å²) in [5.41, 5.74) is 0.976. The molecule has 0 fully saturated rings. The first-order chi connectivity index (χ1) is 17.2. The number of thioether (sulfide) groups is 1. The van der Waals surface area contributed by atoms with Crippen molar-refractivity contribution in [3.8, 4) is 5.75 Å². The number of ether oxygens (including phenoxy) is 1. The highest BCUT2D eigenvalue weighted by molar-refractivity contribution is 7.99. The maximum absolute atomic E-state index is 13.0. The van der Waals surface area contributed by atoms with Crippen LogP contribution in [0, 0.1) is 5.92 Å². The molecule has 0 radical (unpaired) electrons. The summed E-state index contributed by atoms with van der Waals surface area (Å²) in [6.45, 7) is 8.17. The fourth-order valence-corrected chi connectivity index (χ4v) is 4.61. The van der Waals surface area contributed by atoms with Gasteiger partial charge in [-0.25, -0.2) is 0 Å². The van der Waals surface area contributed by atoms with E-state index in [-0.39, 0.29) is 28.5 Å². The zero-order valence-corrected chi connectivity index (χ0v) is 22.5. The van der Waals surface area contributed by atoms with Crippen LogP contribution in [0.25, 0.3) is 0 Å². The van der Waals surface area contributed by atoms with Gasteiger partial charge in [-0.3, -0.25) is 9.59 Å². The molecule has 36 heavy (non-hydrogen) atoms. The minimum atomic E-state index is -0.459. The van der Waals surface area contributed by atoms with E-state index in [2.05, 4.69) is 27.4 Å². The zero-order valence-electron chi connectivity index (χ0n) is 20.1. The highest BCUT2D eigenvalue weighted by Gasteiger charge is 2.27. The number of anilines is 1. The first-order valence-corrected chi connectivity index (χ1v) is 12.8. The van der Waals surface area contributed by atoms with Gasteiger partial charge in [0.15, 0.2) is 11.0 Å². The van der Waals surface area contributed by atoms with E-state index >= 15 is 0 Å². The minimum Gasteiger partial charge on any atom is -0.497 e. The molecule has 0 unspecified atom stereocenters. The monoisotopic (exact) mass is 547 g/mol. The van der Waals surface area contributed by atoms with Crippen molar-refractivity contribution >= 4 is 52.5 Å². The normalized spacial score (nSPS) is 11.7. The first kappa shape index (κ1) is 27.6. The summed E-state index contributed by atoms with van der Waals surface area (Å²) < 4.78 is 6.97. The lowest BCUT2D eigenvalue weighted by Crippen LogP contribution is -2.34. The third kappa shape index (κ3) is 7.02. The van der Waals surface area contributed by atoms with Gasteiger partial charge in [0.05, 0.1) is 29.5 Å². The maximum atomic E-state index is 13.0. The molecule has 0 aliphatic carbocycles. The van der Waals surface area contributed by atoms with Crippen molar-refractivity contribution in [2.24, 2.45) is 5.92 Å². The summed E-state index contributed by atoms with van der Waals surface area (Å²) >= 11 is 13.4. The average Bonchev–Trinajstić information content (AvgIpc) is 3.23. The number of aromatic nitrogens is 3. The Morgan fingerprint density at radius 3 is 2.50 bits per heavy atom. The minimum absolute atomic E-state index is 0.0102. The number of methoxy groups -OCH3 is 1. The smallest absolute Gasteiger partial charge is 0.253 e. The van der Waals surface area contributed by atoms with Gasteiger partial charge in [-0.05, 0) is 48.4 Å². The summed E-state index contributed by atoms with van der Waals surface area (Å²) in [6.07, 6.45) is 1.71. The molecule has 1 heterocycles. The predicted octanol–water partition coefficient (Wildman–Crippen LogP) is 5.64. The molecule has 3 rings (SSSR count). The molecule has 0 bridgehead atoms. The summed E-state index contributed by atoms with van der Waals surface area (Å²) in [4.78, 5) is 25.5. The molecule has 2 amide bonds. The van der Waals surface area contributed by atoms with Gasteiger partial charge in [-0.1, -0.05) is 54.9 Å². The number of allylic oxidation sites excluding steroid dienone is 1. The van der Waals surface area contributed by atoms with Gasteiger partial charge in [0.1, 0.15) is 5.75 Å². The molecule has 1 atom stereocenters. The van der Waals surface area contributed by atoms with Crippen LogP contribution in [0.5, 0.6) is 5.75 Å². The van der Waals surface area contributed by atoms with Crippen LogP contribution in [0.3, 0.4) is 0 Å². The molecule has 2 aromatic carbocycles. The third-order valence-corrected chi connectivity index (χ3v) is 6.69. The standard InChI is InChI=1S/C25H27Cl2N5O3S/c1-5-12-32-23(22(15(2)3)29-24(34)19-11-6-16(26)13-20(19)27)30-31-25(32)36-14-21(33)28-17-7-9-18(35-4)10-8-17/h5-11,13,15,22H,1,12,14H2,2-4H3,(H,28,33)(H,29,34)/t22-/m1/s1. The Kier molecular flexibility index (Phi) is 9.81. The maximum Gasteiger partial charge on any atom is 0.253 e. The third-order valence-electron chi connectivity index (χ3n) is 5.17. The Hall–Kier alpha value is -3.01. The van der Waals surface area contributed by atoms with Gasteiger partial charge in [-0.15, -0.1) is 16.8 Å². The molecule has 3 aromatic rings.